The highest BCUT2D eigenvalue weighted by Crippen LogP contribution is 2.33. The zero-order valence-electron chi connectivity index (χ0n) is 11.7. The van der Waals surface area contributed by atoms with Crippen LogP contribution < -0.4 is 4.90 Å². The van der Waals surface area contributed by atoms with Gasteiger partial charge in [0, 0.05) is 23.2 Å². The lowest BCUT2D eigenvalue weighted by Gasteiger charge is -2.29. The predicted molar refractivity (Wildman–Crippen MR) is 82.8 cm³/mol. The van der Waals surface area contributed by atoms with E-state index in [1.807, 2.05) is 25.1 Å². The summed E-state index contributed by atoms with van der Waals surface area (Å²) in [4.78, 5) is 3.57. The van der Waals surface area contributed by atoms with Crippen molar-refractivity contribution in [3.8, 4) is 0 Å². The molecule has 3 heteroatoms. The van der Waals surface area contributed by atoms with Gasteiger partial charge in [-0.05, 0) is 30.9 Å². The molecule has 1 N–H and O–H groups in total. The fourth-order valence-corrected chi connectivity index (χ4v) is 3.07. The Morgan fingerprint density at radius 3 is 2.58 bits per heavy atom. The van der Waals surface area contributed by atoms with Crippen molar-refractivity contribution < 1.29 is 5.11 Å². The van der Waals surface area contributed by atoms with E-state index < -0.39 is 6.10 Å². The van der Waals surface area contributed by atoms with Crippen LogP contribution in [0.2, 0.25) is 0 Å². The van der Waals surface area contributed by atoms with Gasteiger partial charge >= 0.3 is 0 Å². The number of thiophene rings is 1. The lowest BCUT2D eigenvalue weighted by atomic mass is 10.0. The second-order valence-corrected chi connectivity index (χ2v) is 5.76. The number of aliphatic hydroxyl groups is 1. The molecule has 0 saturated carbocycles. The Morgan fingerprint density at radius 2 is 1.95 bits per heavy atom. The molecule has 0 amide bonds. The molecule has 2 nitrogen and oxygen atoms in total. The Morgan fingerprint density at radius 1 is 1.21 bits per heavy atom. The van der Waals surface area contributed by atoms with Crippen LogP contribution >= 0.6 is 11.3 Å². The topological polar surface area (TPSA) is 23.5 Å². The SMILES string of the molecule is CC[C@H](O)c1ccccc1N(C)C(C)c1cccs1. The maximum atomic E-state index is 10.1. The maximum absolute atomic E-state index is 10.1. The number of nitrogens with zero attached hydrogens (tertiary/aromatic N) is 1. The van der Waals surface area contributed by atoms with Crippen molar-refractivity contribution >= 4 is 17.0 Å². The number of hydrogen-bond acceptors (Lipinski definition) is 3. The summed E-state index contributed by atoms with van der Waals surface area (Å²) in [5.41, 5.74) is 2.12. The van der Waals surface area contributed by atoms with Crippen molar-refractivity contribution in [2.45, 2.75) is 32.4 Å². The molecule has 0 aliphatic heterocycles. The van der Waals surface area contributed by atoms with Gasteiger partial charge in [0.05, 0.1) is 12.1 Å². The minimum atomic E-state index is -0.394. The van der Waals surface area contributed by atoms with E-state index in [9.17, 15) is 5.11 Å². The van der Waals surface area contributed by atoms with Crippen molar-refractivity contribution in [2.24, 2.45) is 0 Å². The Labute approximate surface area is 119 Å². The summed E-state index contributed by atoms with van der Waals surface area (Å²) in [6.07, 6.45) is 0.340. The molecule has 2 aromatic rings. The van der Waals surface area contributed by atoms with E-state index in [0.717, 1.165) is 17.7 Å². The molecule has 0 spiro atoms. The van der Waals surface area contributed by atoms with Crippen LogP contribution in [0.25, 0.3) is 0 Å². The molecule has 0 aliphatic rings. The first-order valence-corrected chi connectivity index (χ1v) is 7.56. The summed E-state index contributed by atoms with van der Waals surface area (Å²) >= 11 is 1.77. The quantitative estimate of drug-likeness (QED) is 0.875. The van der Waals surface area contributed by atoms with Gasteiger partial charge in [-0.1, -0.05) is 31.2 Å². The fourth-order valence-electron chi connectivity index (χ4n) is 2.24. The Kier molecular flexibility index (Phi) is 4.61. The molecule has 19 heavy (non-hydrogen) atoms. The van der Waals surface area contributed by atoms with Crippen LogP contribution in [0.3, 0.4) is 0 Å². The van der Waals surface area contributed by atoms with E-state index in [-0.39, 0.29) is 0 Å². The van der Waals surface area contributed by atoms with E-state index >= 15 is 0 Å². The Balaban J connectivity index is 2.31. The van der Waals surface area contributed by atoms with E-state index in [0.29, 0.717) is 6.04 Å². The summed E-state index contributed by atoms with van der Waals surface area (Å²) in [7, 11) is 2.09. The molecule has 0 saturated heterocycles. The number of hydrogen-bond donors (Lipinski definition) is 1. The van der Waals surface area contributed by atoms with Gasteiger partial charge in [-0.25, -0.2) is 0 Å². The third kappa shape index (κ3) is 2.99. The van der Waals surface area contributed by atoms with Crippen LogP contribution in [-0.2, 0) is 0 Å². The highest BCUT2D eigenvalue weighted by Gasteiger charge is 2.18. The average molecular weight is 275 g/mol. The van der Waals surface area contributed by atoms with E-state index in [1.165, 1.54) is 4.88 Å². The van der Waals surface area contributed by atoms with Crippen molar-refractivity contribution in [1.82, 2.24) is 0 Å². The number of benzene rings is 1. The molecule has 1 aromatic carbocycles. The number of para-hydroxylation sites is 1. The van der Waals surface area contributed by atoms with Gasteiger partial charge in [0.1, 0.15) is 0 Å². The minimum Gasteiger partial charge on any atom is -0.388 e. The predicted octanol–water partition coefficient (Wildman–Crippen LogP) is 4.39. The number of aliphatic hydroxyl groups excluding tert-OH is 1. The Bertz CT molecular complexity index is 509. The minimum absolute atomic E-state index is 0.310. The molecule has 0 aliphatic carbocycles. The summed E-state index contributed by atoms with van der Waals surface area (Å²) in [6, 6.07) is 12.7. The normalized spacial score (nSPS) is 14.1. The molecule has 0 fully saturated rings. The van der Waals surface area contributed by atoms with E-state index in [1.54, 1.807) is 11.3 Å². The molecule has 102 valence electrons. The molecular weight excluding hydrogens is 254 g/mol. The summed E-state index contributed by atoms with van der Waals surface area (Å²) < 4.78 is 0. The van der Waals surface area contributed by atoms with Crippen LogP contribution in [0, 0.1) is 0 Å². The molecule has 0 bridgehead atoms. The van der Waals surface area contributed by atoms with Crippen LogP contribution in [-0.4, -0.2) is 12.2 Å². The van der Waals surface area contributed by atoms with Gasteiger partial charge in [-0.3, -0.25) is 0 Å². The molecule has 1 heterocycles. The second kappa shape index (κ2) is 6.22. The van der Waals surface area contributed by atoms with Gasteiger partial charge in [0.15, 0.2) is 0 Å². The van der Waals surface area contributed by atoms with Crippen LogP contribution in [0.1, 0.15) is 42.9 Å². The fraction of sp³-hybridized carbons (Fsp3) is 0.375. The van der Waals surface area contributed by atoms with Crippen molar-refractivity contribution in [2.75, 3.05) is 11.9 Å². The van der Waals surface area contributed by atoms with Crippen LogP contribution in [0.15, 0.2) is 41.8 Å². The van der Waals surface area contributed by atoms with Gasteiger partial charge in [-0.2, -0.15) is 0 Å². The number of rotatable bonds is 5. The van der Waals surface area contributed by atoms with Crippen molar-refractivity contribution in [1.29, 1.82) is 0 Å². The first-order valence-electron chi connectivity index (χ1n) is 6.68. The lowest BCUT2D eigenvalue weighted by Crippen LogP contribution is -2.22. The molecule has 1 unspecified atom stereocenters. The molecule has 2 rings (SSSR count). The highest BCUT2D eigenvalue weighted by molar-refractivity contribution is 7.10. The first-order chi connectivity index (χ1) is 9.15. The average Bonchev–Trinajstić information content (AvgIpc) is 2.99. The third-order valence-electron chi connectivity index (χ3n) is 3.60. The molecule has 2 atom stereocenters. The Hall–Kier alpha value is -1.32. The van der Waals surface area contributed by atoms with Crippen molar-refractivity contribution in [3.05, 3.63) is 52.2 Å². The van der Waals surface area contributed by atoms with Crippen LogP contribution in [0.4, 0.5) is 5.69 Å². The summed E-state index contributed by atoms with van der Waals surface area (Å²) in [5, 5.41) is 12.3. The van der Waals surface area contributed by atoms with Crippen LogP contribution in [0.5, 0.6) is 0 Å². The van der Waals surface area contributed by atoms with Gasteiger partial charge in [0.2, 0.25) is 0 Å². The van der Waals surface area contributed by atoms with E-state index in [4.69, 9.17) is 0 Å². The highest BCUT2D eigenvalue weighted by atomic mass is 32.1. The molecule has 0 radical (unpaired) electrons. The van der Waals surface area contributed by atoms with Gasteiger partial charge < -0.3 is 10.0 Å². The monoisotopic (exact) mass is 275 g/mol. The van der Waals surface area contributed by atoms with Gasteiger partial charge in [0.25, 0.3) is 0 Å². The largest absolute Gasteiger partial charge is 0.388 e. The zero-order valence-corrected chi connectivity index (χ0v) is 12.5. The summed E-state index contributed by atoms with van der Waals surface area (Å²) in [5.74, 6) is 0. The molecule has 1 aromatic heterocycles. The third-order valence-corrected chi connectivity index (χ3v) is 4.64. The first kappa shape index (κ1) is 14.1. The maximum Gasteiger partial charge on any atom is 0.0807 e. The number of anilines is 1. The van der Waals surface area contributed by atoms with Gasteiger partial charge in [-0.15, -0.1) is 11.3 Å². The van der Waals surface area contributed by atoms with Crippen molar-refractivity contribution in [3.63, 3.8) is 0 Å². The second-order valence-electron chi connectivity index (χ2n) is 4.79. The standard InChI is InChI=1S/C16H21NOS/c1-4-15(18)13-8-5-6-9-14(13)17(3)12(2)16-10-7-11-19-16/h5-12,15,18H,4H2,1-3H3/t12?,15-/m0/s1. The van der Waals surface area contributed by atoms with E-state index in [2.05, 4.69) is 42.5 Å². The molecular formula is C16H21NOS. The lowest BCUT2D eigenvalue weighted by molar-refractivity contribution is 0.174. The smallest absolute Gasteiger partial charge is 0.0807 e. The summed E-state index contributed by atoms with van der Waals surface area (Å²) in [6.45, 7) is 4.20. The zero-order chi connectivity index (χ0) is 13.8.